The van der Waals surface area contributed by atoms with Crippen molar-refractivity contribution in [3.05, 3.63) is 52.0 Å². The zero-order valence-electron chi connectivity index (χ0n) is 8.41. The highest BCUT2D eigenvalue weighted by Gasteiger charge is 2.19. The highest BCUT2D eigenvalue weighted by atomic mass is 79.9. The van der Waals surface area contributed by atoms with Crippen molar-refractivity contribution in [2.45, 2.75) is 12.8 Å². The summed E-state index contributed by atoms with van der Waals surface area (Å²) in [6.07, 6.45) is 4.96. The number of carbonyl (C=O) groups excluding carboxylic acids is 1. The van der Waals surface area contributed by atoms with Gasteiger partial charge in [0.05, 0.1) is 5.92 Å². The summed E-state index contributed by atoms with van der Waals surface area (Å²) >= 11 is 3.45. The molecule has 0 heterocycles. The number of halogens is 1. The van der Waals surface area contributed by atoms with Crippen molar-refractivity contribution in [1.82, 2.24) is 0 Å². The van der Waals surface area contributed by atoms with Gasteiger partial charge < -0.3 is 4.79 Å². The molecule has 0 saturated carbocycles. The zero-order chi connectivity index (χ0) is 10.8. The number of hydrogen-bond acceptors (Lipinski definition) is 1. The second kappa shape index (κ2) is 4.15. The molecule has 2 heteroatoms. The number of hydrogen-bond donors (Lipinski definition) is 0. The smallest absolute Gasteiger partial charge is 0.132 e. The maximum absolute atomic E-state index is 11.1. The molecule has 0 spiro atoms. The van der Waals surface area contributed by atoms with E-state index in [0.29, 0.717) is 0 Å². The van der Waals surface area contributed by atoms with Gasteiger partial charge in [-0.2, -0.15) is 0 Å². The van der Waals surface area contributed by atoms with Gasteiger partial charge >= 0.3 is 0 Å². The lowest BCUT2D eigenvalue weighted by Crippen LogP contribution is -2.02. The van der Waals surface area contributed by atoms with E-state index in [2.05, 4.69) is 28.9 Å². The van der Waals surface area contributed by atoms with Crippen molar-refractivity contribution >= 4 is 27.8 Å². The summed E-state index contributed by atoms with van der Waals surface area (Å²) in [4.78, 5) is 11.1. The molecule has 15 heavy (non-hydrogen) atoms. The molecule has 1 aromatic carbocycles. The topological polar surface area (TPSA) is 17.1 Å². The maximum Gasteiger partial charge on any atom is 0.132 e. The fourth-order valence-corrected chi connectivity index (χ4v) is 2.30. The first-order valence-corrected chi connectivity index (χ1v) is 5.62. The van der Waals surface area contributed by atoms with Crippen LogP contribution in [0.1, 0.15) is 24.0 Å². The van der Waals surface area contributed by atoms with E-state index in [-0.39, 0.29) is 5.92 Å². The summed E-state index contributed by atoms with van der Waals surface area (Å²) in [5, 5.41) is 0. The van der Waals surface area contributed by atoms with Crippen molar-refractivity contribution < 1.29 is 4.79 Å². The Morgan fingerprint density at radius 3 is 2.73 bits per heavy atom. The average molecular weight is 263 g/mol. The van der Waals surface area contributed by atoms with Crippen LogP contribution in [0, 0.1) is 0 Å². The summed E-state index contributed by atoms with van der Waals surface area (Å²) < 4.78 is 0.918. The molecular weight excluding hydrogens is 252 g/mol. The molecule has 0 saturated heterocycles. The first-order chi connectivity index (χ1) is 7.24. The Morgan fingerprint density at radius 2 is 2.00 bits per heavy atom. The number of carbonyl (C=O) groups is 1. The molecule has 0 fully saturated rings. The van der Waals surface area contributed by atoms with E-state index in [1.807, 2.05) is 30.4 Å². The summed E-state index contributed by atoms with van der Waals surface area (Å²) in [7, 11) is 0. The Bertz CT molecular complexity index is 457. The van der Waals surface area contributed by atoms with Crippen LogP contribution >= 0.6 is 15.9 Å². The fraction of sp³-hybridized carbons (Fsp3) is 0.154. The molecule has 0 aliphatic heterocycles. The Kier molecular flexibility index (Phi) is 2.87. The number of allylic oxidation sites excluding steroid dienone is 4. The standard InChI is InChI=1S/C13H11BrO/c1-9-6-7-13(14)12(8-15)11-5-3-2-4-10(9)11/h2-8,12H,1H3. The molecule has 0 N–H and O–H groups in total. The molecule has 76 valence electrons. The van der Waals surface area contributed by atoms with Crippen molar-refractivity contribution in [1.29, 1.82) is 0 Å². The summed E-state index contributed by atoms with van der Waals surface area (Å²) in [5.41, 5.74) is 3.41. The lowest BCUT2D eigenvalue weighted by Gasteiger charge is -2.12. The third-order valence-electron chi connectivity index (χ3n) is 2.65. The Hall–Kier alpha value is -1.15. The van der Waals surface area contributed by atoms with Gasteiger partial charge in [0.2, 0.25) is 0 Å². The monoisotopic (exact) mass is 262 g/mol. The molecule has 0 amide bonds. The van der Waals surface area contributed by atoms with Crippen molar-refractivity contribution in [2.24, 2.45) is 0 Å². The third kappa shape index (κ3) is 1.82. The number of benzene rings is 1. The minimum Gasteiger partial charge on any atom is -0.302 e. The largest absolute Gasteiger partial charge is 0.302 e. The minimum absolute atomic E-state index is 0.171. The van der Waals surface area contributed by atoms with Gasteiger partial charge in [-0.1, -0.05) is 52.3 Å². The molecular formula is C13H11BrO. The predicted octanol–water partition coefficient (Wildman–Crippen LogP) is 3.66. The maximum atomic E-state index is 11.1. The summed E-state index contributed by atoms with van der Waals surface area (Å²) in [6.45, 7) is 2.06. The van der Waals surface area contributed by atoms with E-state index >= 15 is 0 Å². The minimum atomic E-state index is -0.171. The van der Waals surface area contributed by atoms with E-state index in [9.17, 15) is 4.79 Å². The van der Waals surface area contributed by atoms with Crippen molar-refractivity contribution in [3.8, 4) is 0 Å². The van der Waals surface area contributed by atoms with Crippen molar-refractivity contribution in [3.63, 3.8) is 0 Å². The molecule has 1 aliphatic carbocycles. The molecule has 1 atom stereocenters. The second-order valence-corrected chi connectivity index (χ2v) is 4.52. The van der Waals surface area contributed by atoms with Crippen molar-refractivity contribution in [2.75, 3.05) is 0 Å². The van der Waals surface area contributed by atoms with Crippen LogP contribution in [0.3, 0.4) is 0 Å². The quantitative estimate of drug-likeness (QED) is 0.706. The van der Waals surface area contributed by atoms with Gasteiger partial charge in [0, 0.05) is 4.48 Å². The van der Waals surface area contributed by atoms with E-state index in [0.717, 1.165) is 21.9 Å². The zero-order valence-corrected chi connectivity index (χ0v) is 9.99. The number of aldehydes is 1. The van der Waals surface area contributed by atoms with Gasteiger partial charge in [-0.3, -0.25) is 0 Å². The molecule has 1 nitrogen and oxygen atoms in total. The van der Waals surface area contributed by atoms with Crippen LogP contribution in [0.15, 0.2) is 40.9 Å². The van der Waals surface area contributed by atoms with Gasteiger partial charge in [-0.25, -0.2) is 0 Å². The molecule has 1 aliphatic rings. The Labute approximate surface area is 97.6 Å². The molecule has 1 unspecified atom stereocenters. The van der Waals surface area contributed by atoms with Crippen LogP contribution in [0.25, 0.3) is 5.57 Å². The summed E-state index contributed by atoms with van der Waals surface area (Å²) in [5.74, 6) is -0.171. The lowest BCUT2D eigenvalue weighted by molar-refractivity contribution is -0.108. The summed E-state index contributed by atoms with van der Waals surface area (Å²) in [6, 6.07) is 8.02. The number of fused-ring (bicyclic) bond motifs is 1. The Morgan fingerprint density at radius 1 is 1.27 bits per heavy atom. The van der Waals surface area contributed by atoms with Gasteiger partial charge in [-0.05, 0) is 23.6 Å². The number of rotatable bonds is 1. The van der Waals surface area contributed by atoms with Crippen LogP contribution in [-0.4, -0.2) is 6.29 Å². The highest BCUT2D eigenvalue weighted by molar-refractivity contribution is 9.11. The second-order valence-electron chi connectivity index (χ2n) is 3.60. The average Bonchev–Trinajstić information content (AvgIpc) is 2.38. The van der Waals surface area contributed by atoms with Crippen LogP contribution in [-0.2, 0) is 4.79 Å². The van der Waals surface area contributed by atoms with Gasteiger partial charge in [-0.15, -0.1) is 0 Å². The highest BCUT2D eigenvalue weighted by Crippen LogP contribution is 2.35. The lowest BCUT2D eigenvalue weighted by atomic mass is 9.93. The van der Waals surface area contributed by atoms with Gasteiger partial charge in [0.25, 0.3) is 0 Å². The molecule has 0 bridgehead atoms. The fourth-order valence-electron chi connectivity index (χ4n) is 1.81. The van der Waals surface area contributed by atoms with Crippen LogP contribution in [0.4, 0.5) is 0 Å². The van der Waals surface area contributed by atoms with Crippen LogP contribution in [0.5, 0.6) is 0 Å². The molecule has 2 rings (SSSR count). The molecule has 1 aromatic rings. The first-order valence-electron chi connectivity index (χ1n) is 4.82. The van der Waals surface area contributed by atoms with Gasteiger partial charge in [0.15, 0.2) is 0 Å². The third-order valence-corrected chi connectivity index (χ3v) is 3.40. The Balaban J connectivity index is 2.66. The van der Waals surface area contributed by atoms with E-state index in [1.54, 1.807) is 0 Å². The first kappa shape index (κ1) is 10.4. The molecule has 0 radical (unpaired) electrons. The predicted molar refractivity (Wildman–Crippen MR) is 65.9 cm³/mol. The normalized spacial score (nSPS) is 19.7. The SMILES string of the molecule is CC1=CC=C(Br)C(C=O)c2ccccc21. The molecule has 0 aromatic heterocycles. The van der Waals surface area contributed by atoms with Crippen LogP contribution < -0.4 is 0 Å². The van der Waals surface area contributed by atoms with Gasteiger partial charge in [0.1, 0.15) is 6.29 Å². The van der Waals surface area contributed by atoms with E-state index < -0.39 is 0 Å². The van der Waals surface area contributed by atoms with E-state index in [1.165, 1.54) is 5.57 Å². The van der Waals surface area contributed by atoms with E-state index in [4.69, 9.17) is 0 Å². The van der Waals surface area contributed by atoms with Crippen LogP contribution in [0.2, 0.25) is 0 Å².